The molecular weight excluding hydrogens is 342 g/mol. The van der Waals surface area contributed by atoms with Gasteiger partial charge in [0.05, 0.1) is 42.5 Å². The van der Waals surface area contributed by atoms with E-state index in [9.17, 15) is 9.59 Å². The molecule has 7 heteroatoms. The zero-order valence-corrected chi connectivity index (χ0v) is 14.1. The number of hydrogen-bond donors (Lipinski definition) is 0. The van der Waals surface area contributed by atoms with Gasteiger partial charge in [0, 0.05) is 11.2 Å². The lowest BCUT2D eigenvalue weighted by molar-refractivity contribution is -0.124. The highest BCUT2D eigenvalue weighted by atomic mass is 35.5. The first-order valence-corrected chi connectivity index (χ1v) is 8.80. The highest BCUT2D eigenvalue weighted by Crippen LogP contribution is 2.49. The summed E-state index contributed by atoms with van der Waals surface area (Å²) < 4.78 is 7.48. The number of carbonyl (C=O) groups is 2. The van der Waals surface area contributed by atoms with Crippen LogP contribution < -0.4 is 4.90 Å². The highest BCUT2D eigenvalue weighted by Gasteiger charge is 2.62. The van der Waals surface area contributed by atoms with Crippen molar-refractivity contribution < 1.29 is 14.3 Å². The van der Waals surface area contributed by atoms with Crippen LogP contribution in [0.5, 0.6) is 0 Å². The van der Waals surface area contributed by atoms with Crippen LogP contribution in [0.3, 0.4) is 0 Å². The van der Waals surface area contributed by atoms with E-state index in [1.807, 2.05) is 24.3 Å². The van der Waals surface area contributed by atoms with E-state index in [0.29, 0.717) is 17.3 Å². The maximum absolute atomic E-state index is 12.8. The lowest BCUT2D eigenvalue weighted by Crippen LogP contribution is -2.33. The topological polar surface area (TPSA) is 64.4 Å². The quantitative estimate of drug-likeness (QED) is 0.790. The fourth-order valence-electron chi connectivity index (χ4n) is 4.30. The summed E-state index contributed by atoms with van der Waals surface area (Å²) in [6, 6.07) is 7.50. The van der Waals surface area contributed by atoms with Gasteiger partial charge in [0.1, 0.15) is 0 Å². The zero-order chi connectivity index (χ0) is 17.1. The van der Waals surface area contributed by atoms with Crippen LogP contribution in [0.1, 0.15) is 18.4 Å². The van der Waals surface area contributed by atoms with Gasteiger partial charge >= 0.3 is 0 Å². The fraction of sp³-hybridized carbons (Fsp3) is 0.389. The first kappa shape index (κ1) is 15.1. The number of hydrogen-bond acceptors (Lipinski definition) is 4. The molecule has 0 radical (unpaired) electrons. The Balaban J connectivity index is 1.39. The Kier molecular flexibility index (Phi) is 3.27. The zero-order valence-electron chi connectivity index (χ0n) is 13.3. The normalized spacial score (nSPS) is 30.4. The second-order valence-corrected chi connectivity index (χ2v) is 7.31. The van der Waals surface area contributed by atoms with Crippen molar-refractivity contribution in [1.82, 2.24) is 9.78 Å². The lowest BCUT2D eigenvalue weighted by Gasteiger charge is -2.15. The monoisotopic (exact) mass is 357 g/mol. The number of aromatic nitrogens is 2. The van der Waals surface area contributed by atoms with Gasteiger partial charge in [-0.15, -0.1) is 0 Å². The summed E-state index contributed by atoms with van der Waals surface area (Å²) >= 11 is 5.90. The molecule has 3 saturated heterocycles. The molecule has 2 bridgehead atoms. The van der Waals surface area contributed by atoms with E-state index < -0.39 is 0 Å². The van der Waals surface area contributed by atoms with Crippen LogP contribution in [0.4, 0.5) is 5.69 Å². The molecule has 25 heavy (non-hydrogen) atoms. The van der Waals surface area contributed by atoms with E-state index in [1.165, 1.54) is 4.90 Å². The third kappa shape index (κ3) is 2.24. The number of nitrogens with zero attached hydrogens (tertiary/aromatic N) is 3. The Morgan fingerprint density at radius 1 is 1.08 bits per heavy atom. The number of benzene rings is 1. The van der Waals surface area contributed by atoms with E-state index in [-0.39, 0.29) is 35.9 Å². The molecule has 4 heterocycles. The average Bonchev–Trinajstić information content (AvgIpc) is 3.35. The maximum Gasteiger partial charge on any atom is 0.240 e. The number of amides is 2. The molecule has 5 rings (SSSR count). The van der Waals surface area contributed by atoms with Crippen LogP contribution in [0.25, 0.3) is 0 Å². The molecule has 3 fully saturated rings. The number of fused-ring (bicyclic) bond motifs is 5. The Bertz CT molecular complexity index is 835. The van der Waals surface area contributed by atoms with Crippen LogP contribution in [-0.2, 0) is 20.9 Å². The van der Waals surface area contributed by atoms with Crippen molar-refractivity contribution in [2.75, 3.05) is 4.90 Å². The SMILES string of the molecule is O=C1[C@@H]2[C@H](C(=O)N1c1cnn(Cc3ccc(Cl)cc3)c1)[C@@H]1CC[C@@H]2O1. The van der Waals surface area contributed by atoms with Crippen molar-refractivity contribution in [2.24, 2.45) is 11.8 Å². The second kappa shape index (κ2) is 5.41. The van der Waals surface area contributed by atoms with Gasteiger partial charge in [-0.1, -0.05) is 23.7 Å². The Morgan fingerprint density at radius 2 is 1.72 bits per heavy atom. The fourth-order valence-corrected chi connectivity index (χ4v) is 4.42. The molecule has 128 valence electrons. The van der Waals surface area contributed by atoms with Crippen LogP contribution >= 0.6 is 11.6 Å². The lowest BCUT2D eigenvalue weighted by atomic mass is 9.81. The largest absolute Gasteiger partial charge is 0.373 e. The van der Waals surface area contributed by atoms with E-state index in [1.54, 1.807) is 17.1 Å². The number of carbonyl (C=O) groups excluding carboxylic acids is 2. The first-order valence-electron chi connectivity index (χ1n) is 8.42. The Morgan fingerprint density at radius 3 is 2.36 bits per heavy atom. The summed E-state index contributed by atoms with van der Waals surface area (Å²) in [6.07, 6.45) is 4.87. The minimum atomic E-state index is -0.314. The van der Waals surface area contributed by atoms with Crippen molar-refractivity contribution in [3.63, 3.8) is 0 Å². The van der Waals surface area contributed by atoms with Crippen molar-refractivity contribution in [3.05, 3.63) is 47.2 Å². The molecule has 2 amide bonds. The molecule has 3 aliphatic rings. The Hall–Kier alpha value is -2.18. The molecule has 0 spiro atoms. The minimum Gasteiger partial charge on any atom is -0.373 e. The molecule has 4 atom stereocenters. The minimum absolute atomic E-state index is 0.0967. The Labute approximate surface area is 149 Å². The molecule has 3 aliphatic heterocycles. The molecule has 1 aromatic carbocycles. The predicted molar refractivity (Wildman–Crippen MR) is 90.1 cm³/mol. The molecular formula is C18H16ClN3O3. The summed E-state index contributed by atoms with van der Waals surface area (Å²) in [4.78, 5) is 26.8. The molecule has 0 unspecified atom stereocenters. The van der Waals surface area contributed by atoms with Gasteiger partial charge in [0.25, 0.3) is 0 Å². The highest BCUT2D eigenvalue weighted by molar-refractivity contribution is 6.30. The van der Waals surface area contributed by atoms with Crippen LogP contribution in [0, 0.1) is 11.8 Å². The van der Waals surface area contributed by atoms with Gasteiger partial charge in [0.2, 0.25) is 11.8 Å². The summed E-state index contributed by atoms with van der Waals surface area (Å²) in [6.45, 7) is 0.550. The van der Waals surface area contributed by atoms with E-state index in [2.05, 4.69) is 5.10 Å². The number of ether oxygens (including phenoxy) is 1. The van der Waals surface area contributed by atoms with E-state index in [0.717, 1.165) is 18.4 Å². The van der Waals surface area contributed by atoms with Gasteiger partial charge in [0.15, 0.2) is 0 Å². The average molecular weight is 358 g/mol. The summed E-state index contributed by atoms with van der Waals surface area (Å²) in [5, 5.41) is 4.98. The second-order valence-electron chi connectivity index (χ2n) is 6.88. The van der Waals surface area contributed by atoms with Crippen LogP contribution in [-0.4, -0.2) is 33.8 Å². The van der Waals surface area contributed by atoms with Crippen molar-refractivity contribution in [2.45, 2.75) is 31.6 Å². The van der Waals surface area contributed by atoms with Crippen LogP contribution in [0.2, 0.25) is 5.02 Å². The summed E-state index contributed by atoms with van der Waals surface area (Å²) in [5.74, 6) is -0.918. The van der Waals surface area contributed by atoms with Crippen molar-refractivity contribution in [3.8, 4) is 0 Å². The van der Waals surface area contributed by atoms with E-state index in [4.69, 9.17) is 16.3 Å². The maximum atomic E-state index is 12.8. The van der Waals surface area contributed by atoms with Crippen molar-refractivity contribution in [1.29, 1.82) is 0 Å². The standard InChI is InChI=1S/C18H16ClN3O3/c19-11-3-1-10(2-4-11)8-21-9-12(7-20-21)22-17(23)15-13-5-6-14(25-13)16(15)18(22)24/h1-4,7,9,13-16H,5-6,8H2/t13-,14-,15-,16+/m0/s1. The van der Waals surface area contributed by atoms with Gasteiger partial charge in [-0.05, 0) is 30.5 Å². The van der Waals surface area contributed by atoms with Crippen molar-refractivity contribution >= 4 is 29.1 Å². The number of imide groups is 1. The third-order valence-electron chi connectivity index (χ3n) is 5.42. The molecule has 0 aliphatic carbocycles. The first-order chi connectivity index (χ1) is 12.1. The van der Waals surface area contributed by atoms with Gasteiger partial charge in [-0.25, -0.2) is 4.90 Å². The molecule has 0 saturated carbocycles. The summed E-state index contributed by atoms with van der Waals surface area (Å²) in [5.41, 5.74) is 1.58. The molecule has 1 aromatic heterocycles. The summed E-state index contributed by atoms with van der Waals surface area (Å²) in [7, 11) is 0. The predicted octanol–water partition coefficient (Wildman–Crippen LogP) is 2.25. The third-order valence-corrected chi connectivity index (χ3v) is 5.67. The van der Waals surface area contributed by atoms with Gasteiger partial charge in [-0.3, -0.25) is 14.3 Å². The molecule has 0 N–H and O–H groups in total. The molecule has 6 nitrogen and oxygen atoms in total. The smallest absolute Gasteiger partial charge is 0.240 e. The molecule has 2 aromatic rings. The van der Waals surface area contributed by atoms with Gasteiger partial charge in [-0.2, -0.15) is 5.10 Å². The number of anilines is 1. The van der Waals surface area contributed by atoms with Crippen LogP contribution in [0.15, 0.2) is 36.7 Å². The number of halogens is 1. The van der Waals surface area contributed by atoms with E-state index >= 15 is 0 Å². The van der Waals surface area contributed by atoms with Gasteiger partial charge < -0.3 is 4.74 Å². The number of rotatable bonds is 3.